The van der Waals surface area contributed by atoms with Crippen LogP contribution in [0.15, 0.2) is 36.4 Å². The van der Waals surface area contributed by atoms with Crippen LogP contribution >= 0.6 is 0 Å². The van der Waals surface area contributed by atoms with Crippen molar-refractivity contribution >= 4 is 5.97 Å². The summed E-state index contributed by atoms with van der Waals surface area (Å²) in [7, 11) is 0. The molecule has 3 fully saturated rings. The van der Waals surface area contributed by atoms with Crippen LogP contribution < -0.4 is 0 Å². The molecule has 0 aromatic heterocycles. The summed E-state index contributed by atoms with van der Waals surface area (Å²) in [6.45, 7) is 5.88. The molecule has 5 rings (SSSR count). The fourth-order valence-electron chi connectivity index (χ4n) is 7.23. The smallest absolute Gasteiger partial charge is 0.320 e. The Balaban J connectivity index is 1.16. The van der Waals surface area contributed by atoms with Gasteiger partial charge in [-0.15, -0.1) is 0 Å². The van der Waals surface area contributed by atoms with E-state index in [1.807, 2.05) is 6.07 Å². The first kappa shape index (κ1) is 29.1. The van der Waals surface area contributed by atoms with Crippen LogP contribution in [0, 0.1) is 42.1 Å². The first-order valence-electron chi connectivity index (χ1n) is 15.2. The van der Waals surface area contributed by atoms with Crippen LogP contribution in [0.4, 0.5) is 13.2 Å². The number of benzene rings is 2. The molecular weight excluding hydrogens is 513 g/mol. The molecule has 2 aromatic rings. The molecule has 1 N–H and O–H groups in total. The van der Waals surface area contributed by atoms with Crippen molar-refractivity contribution in [1.82, 2.24) is 9.80 Å². The summed E-state index contributed by atoms with van der Waals surface area (Å²) in [4.78, 5) is 16.9. The van der Waals surface area contributed by atoms with Crippen molar-refractivity contribution in [3.8, 4) is 0 Å². The monoisotopic (exact) mass is 556 g/mol. The maximum Gasteiger partial charge on any atom is 0.320 e. The van der Waals surface area contributed by atoms with Crippen molar-refractivity contribution in [3.63, 3.8) is 0 Å². The van der Waals surface area contributed by atoms with Gasteiger partial charge < -0.3 is 10.0 Å². The van der Waals surface area contributed by atoms with Gasteiger partial charge in [0.15, 0.2) is 0 Å². The third-order valence-electron chi connectivity index (χ3n) is 9.78. The Labute approximate surface area is 236 Å². The van der Waals surface area contributed by atoms with Gasteiger partial charge in [0, 0.05) is 31.1 Å². The van der Waals surface area contributed by atoms with Crippen LogP contribution in [0.1, 0.15) is 74.0 Å². The molecule has 4 nitrogen and oxygen atoms in total. The molecule has 0 bridgehead atoms. The third-order valence-corrected chi connectivity index (χ3v) is 9.78. The molecule has 7 heteroatoms. The highest BCUT2D eigenvalue weighted by atomic mass is 19.1. The van der Waals surface area contributed by atoms with E-state index in [1.165, 1.54) is 24.6 Å². The Hall–Kier alpha value is -2.38. The van der Waals surface area contributed by atoms with Crippen LogP contribution in [-0.2, 0) is 11.2 Å². The molecule has 2 aliphatic heterocycles. The minimum atomic E-state index is -0.739. The van der Waals surface area contributed by atoms with Crippen molar-refractivity contribution in [2.75, 3.05) is 32.7 Å². The number of hydrogen-bond acceptors (Lipinski definition) is 3. The first-order chi connectivity index (χ1) is 19.3. The number of aliphatic carboxylic acids is 1. The molecule has 1 aliphatic carbocycles. The normalized spacial score (nSPS) is 23.8. The number of carboxylic acids is 1. The van der Waals surface area contributed by atoms with Crippen molar-refractivity contribution < 1.29 is 23.1 Å². The van der Waals surface area contributed by atoms with E-state index in [1.54, 1.807) is 19.1 Å². The van der Waals surface area contributed by atoms with E-state index >= 15 is 0 Å². The Kier molecular flexibility index (Phi) is 9.52. The molecular formula is C33H43F3N2O2. The van der Waals surface area contributed by atoms with Crippen LogP contribution in [-0.4, -0.2) is 59.6 Å². The van der Waals surface area contributed by atoms with Gasteiger partial charge in [0.2, 0.25) is 0 Å². The number of piperidine rings is 1. The fraction of sp³-hybridized carbons (Fsp3) is 0.606. The highest BCUT2D eigenvalue weighted by molar-refractivity contribution is 5.73. The summed E-state index contributed by atoms with van der Waals surface area (Å²) < 4.78 is 42.6. The number of hydrogen-bond donors (Lipinski definition) is 1. The zero-order valence-electron chi connectivity index (χ0n) is 23.6. The van der Waals surface area contributed by atoms with E-state index in [0.29, 0.717) is 36.8 Å². The first-order valence-corrected chi connectivity index (χ1v) is 15.2. The SMILES string of the molecule is Cc1cc(F)c(CCCC2CCN(C[C@H]3CN([C@H](CC4CCC4)C(=O)O)C[C@@H]3c3cccc(F)c3)CC2)c(F)c1. The summed E-state index contributed by atoms with van der Waals surface area (Å²) in [6.07, 6.45) is 8.43. The maximum absolute atomic E-state index is 14.2. The maximum atomic E-state index is 14.2. The Morgan fingerprint density at radius 1 is 1.00 bits per heavy atom. The topological polar surface area (TPSA) is 43.8 Å². The standard InChI is InChI=1S/C33H43F3N2O2/c1-22-15-30(35)28(31(36)16-22)10-3-5-23-11-13-37(14-12-23)19-26-20-38(32(33(39)40)17-24-6-2-7-24)21-29(26)25-8-4-9-27(34)18-25/h4,8-9,15-16,18,23-24,26,29,32H,2-3,5-7,10-14,17,19-21H2,1H3,(H,39,40)/t26-,29+,32+/m0/s1. The van der Waals surface area contributed by atoms with Crippen LogP contribution in [0.5, 0.6) is 0 Å². The second kappa shape index (κ2) is 13.1. The molecule has 2 aromatic carbocycles. The Morgan fingerprint density at radius 2 is 1.73 bits per heavy atom. The van der Waals surface area contributed by atoms with Gasteiger partial charge >= 0.3 is 5.97 Å². The van der Waals surface area contributed by atoms with Gasteiger partial charge in [0.25, 0.3) is 0 Å². The molecule has 2 saturated heterocycles. The molecule has 218 valence electrons. The zero-order chi connectivity index (χ0) is 28.2. The van der Waals surface area contributed by atoms with Crippen molar-refractivity contribution in [3.05, 3.63) is 70.5 Å². The highest BCUT2D eigenvalue weighted by Crippen LogP contribution is 2.38. The summed E-state index contributed by atoms with van der Waals surface area (Å²) >= 11 is 0. The molecule has 0 unspecified atom stereocenters. The summed E-state index contributed by atoms with van der Waals surface area (Å²) in [5.41, 5.74) is 1.77. The van der Waals surface area contributed by atoms with Gasteiger partial charge in [0.1, 0.15) is 23.5 Å². The minimum Gasteiger partial charge on any atom is -0.480 e. The van der Waals surface area contributed by atoms with Crippen LogP contribution in [0.3, 0.4) is 0 Å². The van der Waals surface area contributed by atoms with Crippen LogP contribution in [0.25, 0.3) is 0 Å². The van der Waals surface area contributed by atoms with E-state index in [0.717, 1.165) is 70.3 Å². The van der Waals surface area contributed by atoms with Gasteiger partial charge in [-0.05, 0) is 105 Å². The van der Waals surface area contributed by atoms with Crippen molar-refractivity contribution in [2.24, 2.45) is 17.8 Å². The van der Waals surface area contributed by atoms with Gasteiger partial charge in [-0.25, -0.2) is 13.2 Å². The number of nitrogens with zero attached hydrogens (tertiary/aromatic N) is 2. The minimum absolute atomic E-state index is 0.107. The Bertz CT molecular complexity index is 1140. The highest BCUT2D eigenvalue weighted by Gasteiger charge is 2.41. The number of halogens is 3. The molecule has 3 aliphatic rings. The van der Waals surface area contributed by atoms with E-state index in [2.05, 4.69) is 9.80 Å². The second-order valence-corrected chi connectivity index (χ2v) is 12.6. The number of likely N-dealkylation sites (tertiary alicyclic amines) is 2. The third kappa shape index (κ3) is 7.09. The van der Waals surface area contributed by atoms with Crippen LogP contribution in [0.2, 0.25) is 0 Å². The predicted octanol–water partition coefficient (Wildman–Crippen LogP) is 6.81. The van der Waals surface area contributed by atoms with E-state index in [-0.39, 0.29) is 23.2 Å². The number of rotatable bonds is 11. The predicted molar refractivity (Wildman–Crippen MR) is 151 cm³/mol. The lowest BCUT2D eigenvalue weighted by atomic mass is 9.80. The molecule has 0 amide bonds. The van der Waals surface area contributed by atoms with Gasteiger partial charge in [-0.2, -0.15) is 0 Å². The average molecular weight is 557 g/mol. The summed E-state index contributed by atoms with van der Waals surface area (Å²) in [5, 5.41) is 10.1. The molecule has 3 atom stereocenters. The molecule has 0 radical (unpaired) electrons. The van der Waals surface area contributed by atoms with Crippen molar-refractivity contribution in [2.45, 2.75) is 76.7 Å². The van der Waals surface area contributed by atoms with Gasteiger partial charge in [-0.3, -0.25) is 9.69 Å². The zero-order valence-corrected chi connectivity index (χ0v) is 23.6. The molecule has 1 saturated carbocycles. The number of aryl methyl sites for hydroxylation is 1. The molecule has 40 heavy (non-hydrogen) atoms. The Morgan fingerprint density at radius 3 is 2.35 bits per heavy atom. The number of carboxylic acid groups (broad SMARTS) is 1. The molecule has 0 spiro atoms. The lowest BCUT2D eigenvalue weighted by molar-refractivity contribution is -0.144. The largest absolute Gasteiger partial charge is 0.480 e. The van der Waals surface area contributed by atoms with Crippen molar-refractivity contribution in [1.29, 1.82) is 0 Å². The van der Waals surface area contributed by atoms with Gasteiger partial charge in [0.05, 0.1) is 0 Å². The van der Waals surface area contributed by atoms with Gasteiger partial charge in [-0.1, -0.05) is 37.8 Å². The lowest BCUT2D eigenvalue weighted by Gasteiger charge is -2.35. The second-order valence-electron chi connectivity index (χ2n) is 12.6. The van der Waals surface area contributed by atoms with E-state index in [9.17, 15) is 23.1 Å². The fourth-order valence-corrected chi connectivity index (χ4v) is 7.23. The van der Waals surface area contributed by atoms with E-state index < -0.39 is 23.6 Å². The quantitative estimate of drug-likeness (QED) is 0.330. The number of carbonyl (C=O) groups is 1. The summed E-state index contributed by atoms with van der Waals surface area (Å²) in [5.74, 6) is -0.462. The average Bonchev–Trinajstić information content (AvgIpc) is 3.29. The molecule has 2 heterocycles. The van der Waals surface area contributed by atoms with E-state index in [4.69, 9.17) is 0 Å². The lowest BCUT2D eigenvalue weighted by Crippen LogP contribution is -2.43. The summed E-state index contributed by atoms with van der Waals surface area (Å²) in [6, 6.07) is 9.17.